The molecule has 1 rings (SSSR count). The number of hydrazine groups is 1. The van der Waals surface area contributed by atoms with Crippen molar-refractivity contribution in [1.82, 2.24) is 5.43 Å². The van der Waals surface area contributed by atoms with E-state index >= 15 is 0 Å². The molecule has 0 aliphatic carbocycles. The highest BCUT2D eigenvalue weighted by molar-refractivity contribution is 6.30. The number of halogens is 1. The second-order valence-corrected chi connectivity index (χ2v) is 5.29. The number of nitrogens with two attached hydrogens (primary N) is 1. The molecule has 0 saturated heterocycles. The topological polar surface area (TPSA) is 56.5 Å². The number of ether oxygens (including phenoxy) is 2. The molecular formula is C15H25ClN2O2. The quantitative estimate of drug-likeness (QED) is 0.572. The third kappa shape index (κ3) is 3.64. The lowest BCUT2D eigenvalue weighted by molar-refractivity contribution is -0.0473. The largest absolute Gasteiger partial charge is 0.496 e. The zero-order valence-electron chi connectivity index (χ0n) is 12.7. The normalized spacial score (nSPS) is 13.3. The molecule has 0 saturated carbocycles. The molecule has 4 nitrogen and oxygen atoms in total. The van der Waals surface area contributed by atoms with Crippen LogP contribution in [0.5, 0.6) is 5.75 Å². The molecule has 1 atom stereocenters. The molecule has 114 valence electrons. The summed E-state index contributed by atoms with van der Waals surface area (Å²) >= 11 is 6.08. The highest BCUT2D eigenvalue weighted by Crippen LogP contribution is 2.30. The minimum Gasteiger partial charge on any atom is -0.496 e. The fourth-order valence-corrected chi connectivity index (χ4v) is 2.89. The predicted molar refractivity (Wildman–Crippen MR) is 83.1 cm³/mol. The van der Waals surface area contributed by atoms with E-state index < -0.39 is 0 Å². The van der Waals surface area contributed by atoms with E-state index in [1.807, 2.05) is 18.2 Å². The Kier molecular flexibility index (Phi) is 6.76. The molecular weight excluding hydrogens is 276 g/mol. The first-order chi connectivity index (χ1) is 9.56. The van der Waals surface area contributed by atoms with Crippen LogP contribution in [-0.4, -0.2) is 25.9 Å². The summed E-state index contributed by atoms with van der Waals surface area (Å²) in [6.07, 6.45) is 2.44. The van der Waals surface area contributed by atoms with Gasteiger partial charge in [-0.2, -0.15) is 0 Å². The van der Waals surface area contributed by atoms with E-state index in [1.54, 1.807) is 14.2 Å². The van der Waals surface area contributed by atoms with Crippen molar-refractivity contribution in [3.63, 3.8) is 0 Å². The number of rotatable bonds is 8. The van der Waals surface area contributed by atoms with Crippen LogP contribution in [-0.2, 0) is 11.2 Å². The average molecular weight is 301 g/mol. The van der Waals surface area contributed by atoms with Gasteiger partial charge in [0.2, 0.25) is 0 Å². The summed E-state index contributed by atoms with van der Waals surface area (Å²) < 4.78 is 11.1. The van der Waals surface area contributed by atoms with Crippen molar-refractivity contribution < 1.29 is 9.47 Å². The van der Waals surface area contributed by atoms with Crippen LogP contribution in [0.15, 0.2) is 18.2 Å². The van der Waals surface area contributed by atoms with E-state index in [-0.39, 0.29) is 11.6 Å². The maximum Gasteiger partial charge on any atom is 0.122 e. The van der Waals surface area contributed by atoms with Gasteiger partial charge in [-0.15, -0.1) is 0 Å². The lowest BCUT2D eigenvalue weighted by Crippen LogP contribution is -2.55. The first kappa shape index (κ1) is 17.2. The van der Waals surface area contributed by atoms with E-state index in [0.717, 1.165) is 24.2 Å². The summed E-state index contributed by atoms with van der Waals surface area (Å²) in [4.78, 5) is 0. The standard InChI is InChI=1S/C15H25ClN2O2/c1-5-15(6-2,20-4)14(18-17)10-11-9-12(16)7-8-13(11)19-3/h7-9,14,18H,5-6,10,17H2,1-4H3. The molecule has 20 heavy (non-hydrogen) atoms. The first-order valence-corrected chi connectivity index (χ1v) is 7.28. The Balaban J connectivity index is 3.07. The predicted octanol–water partition coefficient (Wildman–Crippen LogP) is 2.93. The second-order valence-electron chi connectivity index (χ2n) is 4.86. The molecule has 0 radical (unpaired) electrons. The molecule has 1 aromatic rings. The highest BCUT2D eigenvalue weighted by Gasteiger charge is 2.35. The van der Waals surface area contributed by atoms with Crippen LogP contribution in [0.4, 0.5) is 0 Å². The van der Waals surface area contributed by atoms with Crippen molar-refractivity contribution in [1.29, 1.82) is 0 Å². The van der Waals surface area contributed by atoms with E-state index in [1.165, 1.54) is 0 Å². The summed E-state index contributed by atoms with van der Waals surface area (Å²) in [7, 11) is 3.38. The van der Waals surface area contributed by atoms with Gasteiger partial charge in [-0.05, 0) is 43.0 Å². The summed E-state index contributed by atoms with van der Waals surface area (Å²) in [6.45, 7) is 4.21. The zero-order valence-corrected chi connectivity index (χ0v) is 13.5. The molecule has 0 aliphatic rings. The van der Waals surface area contributed by atoms with Crippen molar-refractivity contribution in [2.75, 3.05) is 14.2 Å². The van der Waals surface area contributed by atoms with Gasteiger partial charge in [-0.25, -0.2) is 0 Å². The Hall–Kier alpha value is -0.810. The van der Waals surface area contributed by atoms with Crippen LogP contribution in [0.2, 0.25) is 5.02 Å². The third-order valence-corrected chi connectivity index (χ3v) is 4.34. The molecule has 5 heteroatoms. The van der Waals surface area contributed by atoms with Gasteiger partial charge in [0.1, 0.15) is 5.75 Å². The van der Waals surface area contributed by atoms with Crippen LogP contribution >= 0.6 is 11.6 Å². The molecule has 0 amide bonds. The monoisotopic (exact) mass is 300 g/mol. The summed E-state index contributed by atoms with van der Waals surface area (Å²) in [5.74, 6) is 6.57. The highest BCUT2D eigenvalue weighted by atomic mass is 35.5. The van der Waals surface area contributed by atoms with Gasteiger partial charge >= 0.3 is 0 Å². The van der Waals surface area contributed by atoms with Crippen LogP contribution in [0, 0.1) is 0 Å². The van der Waals surface area contributed by atoms with E-state index in [0.29, 0.717) is 11.4 Å². The van der Waals surface area contributed by atoms with Crippen LogP contribution in [0.1, 0.15) is 32.3 Å². The van der Waals surface area contributed by atoms with Crippen molar-refractivity contribution in [3.8, 4) is 5.75 Å². The van der Waals surface area contributed by atoms with E-state index in [4.69, 9.17) is 26.9 Å². The van der Waals surface area contributed by atoms with Gasteiger partial charge in [0.15, 0.2) is 0 Å². The molecule has 0 fully saturated rings. The number of methoxy groups -OCH3 is 2. The first-order valence-electron chi connectivity index (χ1n) is 6.90. The van der Waals surface area contributed by atoms with Crippen molar-refractivity contribution in [2.45, 2.75) is 44.8 Å². The van der Waals surface area contributed by atoms with Crippen LogP contribution in [0.3, 0.4) is 0 Å². The summed E-state index contributed by atoms with van der Waals surface area (Å²) in [6, 6.07) is 5.58. The number of hydrogen-bond acceptors (Lipinski definition) is 4. The maximum atomic E-state index is 6.08. The molecule has 0 aliphatic heterocycles. The average Bonchev–Trinajstić information content (AvgIpc) is 2.48. The Labute approximate surface area is 126 Å². The minimum atomic E-state index is -0.303. The number of benzene rings is 1. The molecule has 1 aromatic carbocycles. The fraction of sp³-hybridized carbons (Fsp3) is 0.600. The van der Waals surface area contributed by atoms with Gasteiger partial charge < -0.3 is 9.47 Å². The Morgan fingerprint density at radius 1 is 1.30 bits per heavy atom. The molecule has 0 aromatic heterocycles. The molecule has 3 N–H and O–H groups in total. The smallest absolute Gasteiger partial charge is 0.122 e. The molecule has 0 spiro atoms. The van der Waals surface area contributed by atoms with Gasteiger partial charge in [0, 0.05) is 12.1 Å². The lowest BCUT2D eigenvalue weighted by atomic mass is 9.84. The van der Waals surface area contributed by atoms with Gasteiger partial charge in [-0.1, -0.05) is 25.4 Å². The van der Waals surface area contributed by atoms with E-state index in [2.05, 4.69) is 19.3 Å². The van der Waals surface area contributed by atoms with Crippen molar-refractivity contribution in [2.24, 2.45) is 5.84 Å². The van der Waals surface area contributed by atoms with Crippen molar-refractivity contribution in [3.05, 3.63) is 28.8 Å². The Morgan fingerprint density at radius 2 is 1.95 bits per heavy atom. The maximum absolute atomic E-state index is 6.08. The lowest BCUT2D eigenvalue weighted by Gasteiger charge is -2.38. The van der Waals surface area contributed by atoms with Gasteiger partial charge in [0.25, 0.3) is 0 Å². The van der Waals surface area contributed by atoms with E-state index in [9.17, 15) is 0 Å². The zero-order chi connectivity index (χ0) is 15.2. The van der Waals surface area contributed by atoms with Crippen LogP contribution < -0.4 is 16.0 Å². The summed E-state index contributed by atoms with van der Waals surface area (Å²) in [5.41, 5.74) is 3.61. The molecule has 0 heterocycles. The summed E-state index contributed by atoms with van der Waals surface area (Å²) in [5, 5.41) is 0.688. The minimum absolute atomic E-state index is 0.0186. The SMILES string of the molecule is CCC(CC)(OC)C(Cc1cc(Cl)ccc1OC)NN. The van der Waals surface area contributed by atoms with Gasteiger partial charge in [-0.3, -0.25) is 11.3 Å². The number of hydrogen-bond donors (Lipinski definition) is 2. The van der Waals surface area contributed by atoms with Gasteiger partial charge in [0.05, 0.1) is 18.8 Å². The number of nitrogens with one attached hydrogen (secondary N) is 1. The Bertz CT molecular complexity index is 414. The molecule has 1 unspecified atom stereocenters. The molecule has 0 bridgehead atoms. The van der Waals surface area contributed by atoms with Crippen LogP contribution in [0.25, 0.3) is 0 Å². The third-order valence-electron chi connectivity index (χ3n) is 4.11. The van der Waals surface area contributed by atoms with Crippen molar-refractivity contribution >= 4 is 11.6 Å². The second kappa shape index (κ2) is 7.84. The Morgan fingerprint density at radius 3 is 2.40 bits per heavy atom. The fourth-order valence-electron chi connectivity index (χ4n) is 2.70.